The van der Waals surface area contributed by atoms with Crippen LogP contribution in [0.1, 0.15) is 18.4 Å². The van der Waals surface area contributed by atoms with Crippen LogP contribution in [0.3, 0.4) is 0 Å². The molecule has 20 heavy (non-hydrogen) atoms. The minimum atomic E-state index is -0.387. The molecule has 0 unspecified atom stereocenters. The van der Waals surface area contributed by atoms with Crippen LogP contribution in [0.4, 0.5) is 5.69 Å². The lowest BCUT2D eigenvalue weighted by Crippen LogP contribution is -2.40. The van der Waals surface area contributed by atoms with Crippen LogP contribution >= 0.6 is 0 Å². The van der Waals surface area contributed by atoms with Gasteiger partial charge in [-0.2, -0.15) is 0 Å². The van der Waals surface area contributed by atoms with Crippen molar-refractivity contribution in [3.8, 4) is 5.75 Å². The maximum absolute atomic E-state index is 10.9. The van der Waals surface area contributed by atoms with Crippen molar-refractivity contribution < 1.29 is 9.66 Å². The Morgan fingerprint density at radius 3 is 2.70 bits per heavy atom. The van der Waals surface area contributed by atoms with Gasteiger partial charge in [-0.15, -0.1) is 0 Å². The first kappa shape index (κ1) is 14.7. The molecule has 1 aliphatic heterocycles. The summed E-state index contributed by atoms with van der Waals surface area (Å²) in [6.45, 7) is 2.82. The molecule has 1 aromatic carbocycles. The van der Waals surface area contributed by atoms with Crippen molar-refractivity contribution in [2.75, 3.05) is 27.2 Å². The zero-order valence-electron chi connectivity index (χ0n) is 12.0. The summed E-state index contributed by atoms with van der Waals surface area (Å²) in [6, 6.07) is 5.37. The number of nitrogens with one attached hydrogen (secondary N) is 1. The van der Waals surface area contributed by atoms with E-state index in [4.69, 9.17) is 4.74 Å². The highest BCUT2D eigenvalue weighted by atomic mass is 16.6. The Kier molecular flexibility index (Phi) is 4.92. The van der Waals surface area contributed by atoms with Crippen molar-refractivity contribution in [1.82, 2.24) is 10.2 Å². The summed E-state index contributed by atoms with van der Waals surface area (Å²) in [5.74, 6) is 0.527. The third kappa shape index (κ3) is 3.91. The predicted octanol–water partition coefficient (Wildman–Crippen LogP) is 1.79. The summed E-state index contributed by atoms with van der Waals surface area (Å²) in [4.78, 5) is 12.8. The second-order valence-corrected chi connectivity index (χ2v) is 5.25. The number of nitrogens with zero attached hydrogens (tertiary/aromatic N) is 2. The van der Waals surface area contributed by atoms with Crippen molar-refractivity contribution in [3.63, 3.8) is 0 Å². The summed E-state index contributed by atoms with van der Waals surface area (Å²) in [5.41, 5.74) is 0.958. The maximum Gasteiger partial charge on any atom is 0.273 e. The number of hydrogen-bond acceptors (Lipinski definition) is 5. The van der Waals surface area contributed by atoms with Gasteiger partial charge in [0.2, 0.25) is 0 Å². The molecule has 0 atom stereocenters. The summed E-state index contributed by atoms with van der Waals surface area (Å²) >= 11 is 0. The molecular weight excluding hydrogens is 258 g/mol. The topological polar surface area (TPSA) is 67.6 Å². The van der Waals surface area contributed by atoms with Crippen molar-refractivity contribution in [3.05, 3.63) is 33.9 Å². The maximum atomic E-state index is 10.9. The average molecular weight is 279 g/mol. The standard InChI is InChI=1S/C14H21N3O3/c1-16-5-3-12(4-6-16)15-10-11-7-13(17(18)19)9-14(8-11)20-2/h7-9,12,15H,3-6,10H2,1-2H3. The van der Waals surface area contributed by atoms with Gasteiger partial charge in [-0.05, 0) is 44.6 Å². The van der Waals surface area contributed by atoms with E-state index < -0.39 is 0 Å². The number of nitro benzene ring substituents is 1. The van der Waals surface area contributed by atoms with E-state index in [0.29, 0.717) is 18.3 Å². The van der Waals surface area contributed by atoms with Crippen LogP contribution in [-0.2, 0) is 6.54 Å². The van der Waals surface area contributed by atoms with Crippen molar-refractivity contribution in [1.29, 1.82) is 0 Å². The highest BCUT2D eigenvalue weighted by Crippen LogP contribution is 2.22. The summed E-state index contributed by atoms with van der Waals surface area (Å²) < 4.78 is 5.11. The molecule has 110 valence electrons. The zero-order chi connectivity index (χ0) is 14.5. The largest absolute Gasteiger partial charge is 0.496 e. The number of ether oxygens (including phenoxy) is 1. The molecule has 0 saturated carbocycles. The summed E-state index contributed by atoms with van der Waals surface area (Å²) in [7, 11) is 3.65. The molecule has 0 radical (unpaired) electrons. The molecule has 1 heterocycles. The average Bonchev–Trinajstić information content (AvgIpc) is 2.46. The lowest BCUT2D eigenvalue weighted by molar-refractivity contribution is -0.385. The van der Waals surface area contributed by atoms with E-state index in [0.717, 1.165) is 31.5 Å². The SMILES string of the molecule is COc1cc(CNC2CCN(C)CC2)cc([N+](=O)[O-])c1. The number of non-ortho nitro benzene ring substituents is 1. The van der Waals surface area contributed by atoms with Gasteiger partial charge >= 0.3 is 0 Å². The molecular formula is C14H21N3O3. The monoisotopic (exact) mass is 279 g/mol. The van der Waals surface area contributed by atoms with Crippen LogP contribution < -0.4 is 10.1 Å². The fourth-order valence-electron chi connectivity index (χ4n) is 2.44. The van der Waals surface area contributed by atoms with Gasteiger partial charge in [0, 0.05) is 18.7 Å². The van der Waals surface area contributed by atoms with Gasteiger partial charge in [-0.25, -0.2) is 0 Å². The molecule has 6 nitrogen and oxygen atoms in total. The van der Waals surface area contributed by atoms with Gasteiger partial charge in [0.05, 0.1) is 18.1 Å². The molecule has 0 amide bonds. The Bertz CT molecular complexity index is 471. The molecule has 0 aromatic heterocycles. The molecule has 1 aliphatic rings. The first-order chi connectivity index (χ1) is 9.58. The van der Waals surface area contributed by atoms with Crippen LogP contribution in [0.15, 0.2) is 18.2 Å². The van der Waals surface area contributed by atoms with Crippen molar-refractivity contribution in [2.45, 2.75) is 25.4 Å². The van der Waals surface area contributed by atoms with E-state index in [1.165, 1.54) is 13.2 Å². The van der Waals surface area contributed by atoms with Crippen molar-refractivity contribution in [2.24, 2.45) is 0 Å². The van der Waals surface area contributed by atoms with E-state index in [-0.39, 0.29) is 10.6 Å². The van der Waals surface area contributed by atoms with E-state index in [1.54, 1.807) is 6.07 Å². The molecule has 1 fully saturated rings. The van der Waals surface area contributed by atoms with Gasteiger partial charge in [0.25, 0.3) is 5.69 Å². The van der Waals surface area contributed by atoms with Gasteiger partial charge in [-0.1, -0.05) is 0 Å². The smallest absolute Gasteiger partial charge is 0.273 e. The Morgan fingerprint density at radius 1 is 1.40 bits per heavy atom. The predicted molar refractivity (Wildman–Crippen MR) is 77.0 cm³/mol. The third-order valence-electron chi connectivity index (χ3n) is 3.71. The molecule has 0 bridgehead atoms. The molecule has 6 heteroatoms. The zero-order valence-corrected chi connectivity index (χ0v) is 12.0. The normalized spacial score (nSPS) is 17.1. The Morgan fingerprint density at radius 2 is 2.10 bits per heavy atom. The Balaban J connectivity index is 1.98. The van der Waals surface area contributed by atoms with E-state index >= 15 is 0 Å². The fourth-order valence-corrected chi connectivity index (χ4v) is 2.44. The quantitative estimate of drug-likeness (QED) is 0.657. The minimum Gasteiger partial charge on any atom is -0.496 e. The first-order valence-electron chi connectivity index (χ1n) is 6.83. The summed E-state index contributed by atoms with van der Waals surface area (Å²) in [6.07, 6.45) is 2.23. The van der Waals surface area contributed by atoms with Gasteiger partial charge in [0.1, 0.15) is 5.75 Å². The van der Waals surface area contributed by atoms with Crippen LogP contribution in [0.5, 0.6) is 5.75 Å². The Hall–Kier alpha value is -1.66. The number of rotatable bonds is 5. The molecule has 0 spiro atoms. The molecule has 1 N–H and O–H groups in total. The molecule has 0 aliphatic carbocycles. The van der Waals surface area contributed by atoms with Crippen LogP contribution in [0.2, 0.25) is 0 Å². The lowest BCUT2D eigenvalue weighted by atomic mass is 10.0. The van der Waals surface area contributed by atoms with Crippen LogP contribution in [0.25, 0.3) is 0 Å². The Labute approximate surface area is 118 Å². The number of piperidine rings is 1. The lowest BCUT2D eigenvalue weighted by Gasteiger charge is -2.29. The van der Waals surface area contributed by atoms with Gasteiger partial charge < -0.3 is 15.0 Å². The fraction of sp³-hybridized carbons (Fsp3) is 0.571. The highest BCUT2D eigenvalue weighted by Gasteiger charge is 2.16. The van der Waals surface area contributed by atoms with Crippen LogP contribution in [0, 0.1) is 10.1 Å². The number of nitro groups is 1. The number of benzene rings is 1. The molecule has 2 rings (SSSR count). The first-order valence-corrected chi connectivity index (χ1v) is 6.83. The molecule has 1 aromatic rings. The van der Waals surface area contributed by atoms with E-state index in [2.05, 4.69) is 17.3 Å². The van der Waals surface area contributed by atoms with Crippen molar-refractivity contribution >= 4 is 5.69 Å². The van der Waals surface area contributed by atoms with E-state index in [9.17, 15) is 10.1 Å². The number of likely N-dealkylation sites (tertiary alicyclic amines) is 1. The van der Waals surface area contributed by atoms with E-state index in [1.807, 2.05) is 6.07 Å². The summed E-state index contributed by atoms with van der Waals surface area (Å²) in [5, 5.41) is 14.4. The van der Waals surface area contributed by atoms with Gasteiger partial charge in [-0.3, -0.25) is 10.1 Å². The number of hydrogen-bond donors (Lipinski definition) is 1. The molecule has 1 saturated heterocycles. The second kappa shape index (κ2) is 6.67. The third-order valence-corrected chi connectivity index (χ3v) is 3.71. The minimum absolute atomic E-state index is 0.0736. The van der Waals surface area contributed by atoms with Gasteiger partial charge in [0.15, 0.2) is 0 Å². The van der Waals surface area contributed by atoms with Crippen LogP contribution in [-0.4, -0.2) is 43.1 Å². The number of methoxy groups -OCH3 is 1. The highest BCUT2D eigenvalue weighted by molar-refractivity contribution is 5.42. The second-order valence-electron chi connectivity index (χ2n) is 5.25.